The van der Waals surface area contributed by atoms with Gasteiger partial charge in [-0.15, -0.1) is 0 Å². The minimum absolute atomic E-state index is 0.0765. The van der Waals surface area contributed by atoms with Crippen molar-refractivity contribution in [2.45, 2.75) is 12.8 Å². The van der Waals surface area contributed by atoms with Crippen LogP contribution in [0, 0.1) is 0 Å². The first-order chi connectivity index (χ1) is 9.16. The Morgan fingerprint density at radius 3 is 2.95 bits per heavy atom. The molecule has 0 saturated carbocycles. The number of aromatic nitrogens is 3. The van der Waals surface area contributed by atoms with Crippen LogP contribution in [-0.2, 0) is 0 Å². The van der Waals surface area contributed by atoms with E-state index in [-0.39, 0.29) is 17.1 Å². The van der Waals surface area contributed by atoms with Gasteiger partial charge < -0.3 is 10.8 Å². The highest BCUT2D eigenvalue weighted by Gasteiger charge is 2.15. The number of carbonyl (C=O) groups is 1. The first-order valence-electron chi connectivity index (χ1n) is 5.91. The number of fused-ring (bicyclic) bond motifs is 1. The zero-order valence-corrected chi connectivity index (χ0v) is 10.1. The second-order valence-corrected chi connectivity index (χ2v) is 4.30. The maximum Gasteiger partial charge on any atom is 0.254 e. The highest BCUT2D eigenvalue weighted by atomic mass is 16.3. The molecule has 2 aromatic heterocycles. The summed E-state index contributed by atoms with van der Waals surface area (Å²) in [5, 5.41) is 13.8. The van der Waals surface area contributed by atoms with Crippen LogP contribution in [0.2, 0.25) is 0 Å². The second-order valence-electron chi connectivity index (χ2n) is 4.30. The van der Waals surface area contributed by atoms with E-state index >= 15 is 0 Å². The average Bonchev–Trinajstić information content (AvgIpc) is 2.84. The van der Waals surface area contributed by atoms with Gasteiger partial charge in [0.25, 0.3) is 5.91 Å². The Labute approximate surface area is 108 Å². The van der Waals surface area contributed by atoms with Crippen molar-refractivity contribution in [2.75, 3.05) is 0 Å². The molecule has 19 heavy (non-hydrogen) atoms. The molecule has 0 radical (unpaired) electrons. The number of hydrogen-bond acceptors (Lipinski definition) is 4. The molecule has 6 heteroatoms. The van der Waals surface area contributed by atoms with Crippen molar-refractivity contribution in [1.29, 1.82) is 0 Å². The van der Waals surface area contributed by atoms with Crippen molar-refractivity contribution >= 4 is 17.1 Å². The van der Waals surface area contributed by atoms with Crippen LogP contribution in [0.3, 0.4) is 0 Å². The SMILES string of the molecule is NC(=O)c1cnn2c(O)cc(C3=CCCC=C3)nc12. The van der Waals surface area contributed by atoms with Gasteiger partial charge in [-0.25, -0.2) is 4.98 Å². The van der Waals surface area contributed by atoms with Gasteiger partial charge in [0.05, 0.1) is 11.9 Å². The van der Waals surface area contributed by atoms with Crippen molar-refractivity contribution in [3.63, 3.8) is 0 Å². The Kier molecular flexibility index (Phi) is 2.56. The van der Waals surface area contributed by atoms with Gasteiger partial charge in [-0.3, -0.25) is 4.79 Å². The molecular formula is C13H12N4O2. The van der Waals surface area contributed by atoms with Crippen molar-refractivity contribution in [3.8, 4) is 5.88 Å². The smallest absolute Gasteiger partial charge is 0.254 e. The van der Waals surface area contributed by atoms with Gasteiger partial charge in [-0.05, 0) is 18.4 Å². The molecular weight excluding hydrogens is 244 g/mol. The zero-order chi connectivity index (χ0) is 13.4. The summed E-state index contributed by atoms with van der Waals surface area (Å²) in [6.07, 6.45) is 9.27. The van der Waals surface area contributed by atoms with Crippen molar-refractivity contribution in [2.24, 2.45) is 5.73 Å². The lowest BCUT2D eigenvalue weighted by Crippen LogP contribution is -2.11. The molecule has 0 unspecified atom stereocenters. The van der Waals surface area contributed by atoms with E-state index in [9.17, 15) is 9.90 Å². The van der Waals surface area contributed by atoms with Crippen LogP contribution in [0.25, 0.3) is 11.2 Å². The molecule has 0 atom stereocenters. The lowest BCUT2D eigenvalue weighted by atomic mass is 10.0. The van der Waals surface area contributed by atoms with Gasteiger partial charge in [0, 0.05) is 6.07 Å². The number of carbonyl (C=O) groups excluding carboxylic acids is 1. The average molecular weight is 256 g/mol. The van der Waals surface area contributed by atoms with Crippen LogP contribution in [0.1, 0.15) is 28.9 Å². The van der Waals surface area contributed by atoms with E-state index in [0.29, 0.717) is 5.69 Å². The molecule has 0 spiro atoms. The van der Waals surface area contributed by atoms with E-state index in [1.165, 1.54) is 16.8 Å². The lowest BCUT2D eigenvalue weighted by molar-refractivity contribution is 0.100. The number of aromatic hydroxyl groups is 1. The van der Waals surface area contributed by atoms with Crippen molar-refractivity contribution in [1.82, 2.24) is 14.6 Å². The molecule has 3 N–H and O–H groups in total. The van der Waals surface area contributed by atoms with Crippen LogP contribution in [0.4, 0.5) is 0 Å². The van der Waals surface area contributed by atoms with Crippen molar-refractivity contribution < 1.29 is 9.90 Å². The molecule has 0 aromatic carbocycles. The molecule has 0 aliphatic heterocycles. The number of hydrogen-bond donors (Lipinski definition) is 2. The lowest BCUT2D eigenvalue weighted by Gasteiger charge is -2.08. The largest absolute Gasteiger partial charge is 0.493 e. The summed E-state index contributed by atoms with van der Waals surface area (Å²) in [6, 6.07) is 1.52. The van der Waals surface area contributed by atoms with Gasteiger partial charge in [-0.2, -0.15) is 9.61 Å². The number of rotatable bonds is 2. The molecule has 3 rings (SSSR count). The van der Waals surface area contributed by atoms with Gasteiger partial charge in [0.15, 0.2) is 5.65 Å². The van der Waals surface area contributed by atoms with E-state index in [1.807, 2.05) is 18.2 Å². The first kappa shape index (κ1) is 11.5. The molecule has 0 bridgehead atoms. The van der Waals surface area contributed by atoms with Crippen molar-refractivity contribution in [3.05, 3.63) is 41.7 Å². The van der Waals surface area contributed by atoms with Crippen LogP contribution in [0.15, 0.2) is 30.5 Å². The molecule has 2 heterocycles. The summed E-state index contributed by atoms with van der Waals surface area (Å²) in [5.74, 6) is -0.695. The number of allylic oxidation sites excluding steroid dienone is 4. The van der Waals surface area contributed by atoms with E-state index in [4.69, 9.17) is 5.73 Å². The second kappa shape index (κ2) is 4.24. The minimum atomic E-state index is -0.618. The summed E-state index contributed by atoms with van der Waals surface area (Å²) >= 11 is 0. The van der Waals surface area contributed by atoms with Crippen LogP contribution in [0.5, 0.6) is 5.88 Å². The van der Waals surface area contributed by atoms with E-state index in [1.54, 1.807) is 0 Å². The number of amides is 1. The number of nitrogens with two attached hydrogens (primary N) is 1. The maximum absolute atomic E-state index is 11.3. The molecule has 96 valence electrons. The Balaban J connectivity index is 2.22. The van der Waals surface area contributed by atoms with E-state index in [0.717, 1.165) is 18.4 Å². The third kappa shape index (κ3) is 1.87. The minimum Gasteiger partial charge on any atom is -0.493 e. The summed E-state index contributed by atoms with van der Waals surface area (Å²) in [5.41, 5.74) is 7.24. The standard InChI is InChI=1S/C13H12N4O2/c14-12(19)9-7-15-17-11(18)6-10(16-13(9)17)8-4-2-1-3-5-8/h2,4-7,18H,1,3H2,(H2,14,19). The summed E-state index contributed by atoms with van der Waals surface area (Å²) in [6.45, 7) is 0. The molecule has 1 aliphatic rings. The monoisotopic (exact) mass is 256 g/mol. The molecule has 0 fully saturated rings. The van der Waals surface area contributed by atoms with Gasteiger partial charge in [0.1, 0.15) is 5.56 Å². The Morgan fingerprint density at radius 1 is 1.42 bits per heavy atom. The number of nitrogens with zero attached hydrogens (tertiary/aromatic N) is 3. The van der Waals surface area contributed by atoms with Gasteiger partial charge >= 0.3 is 0 Å². The van der Waals surface area contributed by atoms with Crippen LogP contribution >= 0.6 is 0 Å². The molecule has 1 amide bonds. The zero-order valence-electron chi connectivity index (χ0n) is 10.1. The predicted molar refractivity (Wildman–Crippen MR) is 69.5 cm³/mol. The van der Waals surface area contributed by atoms with Crippen LogP contribution in [-0.4, -0.2) is 25.6 Å². The summed E-state index contributed by atoms with van der Waals surface area (Å²) in [4.78, 5) is 15.7. The highest BCUT2D eigenvalue weighted by molar-refractivity contribution is 5.98. The third-order valence-electron chi connectivity index (χ3n) is 3.01. The fraction of sp³-hybridized carbons (Fsp3) is 0.154. The summed E-state index contributed by atoms with van der Waals surface area (Å²) < 4.78 is 1.19. The fourth-order valence-electron chi connectivity index (χ4n) is 2.07. The Morgan fingerprint density at radius 2 is 2.26 bits per heavy atom. The molecule has 1 aliphatic carbocycles. The number of primary amides is 1. The van der Waals surface area contributed by atoms with Gasteiger partial charge in [0.2, 0.25) is 5.88 Å². The molecule has 2 aromatic rings. The highest BCUT2D eigenvalue weighted by Crippen LogP contribution is 2.24. The fourth-order valence-corrected chi connectivity index (χ4v) is 2.07. The van der Waals surface area contributed by atoms with E-state index in [2.05, 4.69) is 10.1 Å². The first-order valence-corrected chi connectivity index (χ1v) is 5.91. The van der Waals surface area contributed by atoms with Gasteiger partial charge in [-0.1, -0.05) is 18.2 Å². The predicted octanol–water partition coefficient (Wildman–Crippen LogP) is 1.27. The Hall–Kier alpha value is -2.63. The topological polar surface area (TPSA) is 93.5 Å². The van der Waals surface area contributed by atoms with E-state index < -0.39 is 5.91 Å². The quantitative estimate of drug-likeness (QED) is 0.846. The normalized spacial score (nSPS) is 14.6. The summed E-state index contributed by atoms with van der Waals surface area (Å²) in [7, 11) is 0. The molecule has 0 saturated heterocycles. The molecule has 6 nitrogen and oxygen atoms in total. The third-order valence-corrected chi connectivity index (χ3v) is 3.01. The Bertz CT molecular complexity index is 728. The van der Waals surface area contributed by atoms with Crippen LogP contribution < -0.4 is 5.73 Å². The maximum atomic E-state index is 11.3.